The minimum atomic E-state index is 0.426. The van der Waals surface area contributed by atoms with Crippen LogP contribution in [0.5, 0.6) is 0 Å². The lowest BCUT2D eigenvalue weighted by atomic mass is 9.87. The number of hydrogen-bond acceptors (Lipinski definition) is 4. The first-order chi connectivity index (χ1) is 14.7. The van der Waals surface area contributed by atoms with Crippen LogP contribution in [0.25, 0.3) is 21.8 Å². The van der Waals surface area contributed by atoms with Gasteiger partial charge in [-0.05, 0) is 37.1 Å². The summed E-state index contributed by atoms with van der Waals surface area (Å²) in [7, 11) is 4.48. The van der Waals surface area contributed by atoms with E-state index in [1.165, 1.54) is 47.8 Å². The lowest BCUT2D eigenvalue weighted by molar-refractivity contribution is 0.364. The third kappa shape index (κ3) is 3.26. The van der Waals surface area contributed by atoms with Crippen LogP contribution in [-0.2, 0) is 0 Å². The summed E-state index contributed by atoms with van der Waals surface area (Å²) in [4.78, 5) is 14.3. The van der Waals surface area contributed by atoms with Gasteiger partial charge in [0.15, 0.2) is 0 Å². The standard InChI is InChI=1S/C26H28N4/c1-29(23-15-5-9-19-11-7-17-27-25(19)23)21-13-3-4-14-22(21)30(2)24-16-6-10-20-12-8-18-28-26(20)24/h5-12,15-18,21-22H,3-4,13-14H2,1-2H3/t21-,22-/m0/s1. The van der Waals surface area contributed by atoms with Gasteiger partial charge in [-0.25, -0.2) is 0 Å². The quantitative estimate of drug-likeness (QED) is 0.445. The average molecular weight is 397 g/mol. The summed E-state index contributed by atoms with van der Waals surface area (Å²) in [6.07, 6.45) is 8.70. The number of likely N-dealkylation sites (N-methyl/N-ethyl adjacent to an activating group) is 2. The number of benzene rings is 2. The van der Waals surface area contributed by atoms with Crippen molar-refractivity contribution in [3.63, 3.8) is 0 Å². The number of aromatic nitrogens is 2. The van der Waals surface area contributed by atoms with E-state index < -0.39 is 0 Å². The Hall–Kier alpha value is -3.14. The molecule has 2 atom stereocenters. The molecule has 1 aliphatic rings. The fraction of sp³-hybridized carbons (Fsp3) is 0.308. The molecule has 0 aliphatic heterocycles. The van der Waals surface area contributed by atoms with Gasteiger partial charge >= 0.3 is 0 Å². The Morgan fingerprint density at radius 2 is 1.07 bits per heavy atom. The molecule has 0 radical (unpaired) electrons. The first-order valence-electron chi connectivity index (χ1n) is 10.9. The smallest absolute Gasteiger partial charge is 0.0935 e. The van der Waals surface area contributed by atoms with E-state index in [9.17, 15) is 0 Å². The molecule has 4 heteroatoms. The molecule has 0 amide bonds. The maximum atomic E-state index is 4.70. The molecule has 0 unspecified atom stereocenters. The van der Waals surface area contributed by atoms with E-state index in [1.807, 2.05) is 24.5 Å². The third-order valence-corrected chi connectivity index (χ3v) is 6.67. The zero-order valence-corrected chi connectivity index (χ0v) is 17.7. The Balaban J connectivity index is 1.53. The highest BCUT2D eigenvalue weighted by Gasteiger charge is 2.33. The SMILES string of the molecule is CN(c1cccc2cccnc12)[C@H]1CCCC[C@@H]1N(C)c1cccc2cccnc12. The fourth-order valence-corrected chi connectivity index (χ4v) is 5.10. The third-order valence-electron chi connectivity index (χ3n) is 6.67. The van der Waals surface area contributed by atoms with Crippen LogP contribution in [-0.4, -0.2) is 36.1 Å². The second-order valence-corrected chi connectivity index (χ2v) is 8.35. The Morgan fingerprint density at radius 1 is 0.633 bits per heavy atom. The van der Waals surface area contributed by atoms with Crippen molar-refractivity contribution in [3.05, 3.63) is 73.1 Å². The predicted molar refractivity (Wildman–Crippen MR) is 126 cm³/mol. The number of rotatable bonds is 4. The summed E-state index contributed by atoms with van der Waals surface area (Å²) in [5.74, 6) is 0. The largest absolute Gasteiger partial charge is 0.368 e. The molecular weight excluding hydrogens is 368 g/mol. The molecule has 30 heavy (non-hydrogen) atoms. The van der Waals surface area contributed by atoms with Crippen molar-refractivity contribution in [2.45, 2.75) is 37.8 Å². The van der Waals surface area contributed by atoms with Gasteiger partial charge < -0.3 is 9.80 Å². The molecule has 0 spiro atoms. The first kappa shape index (κ1) is 18.9. The van der Waals surface area contributed by atoms with E-state index in [1.54, 1.807) is 0 Å². The van der Waals surface area contributed by atoms with Crippen molar-refractivity contribution in [2.24, 2.45) is 0 Å². The fourth-order valence-electron chi connectivity index (χ4n) is 5.10. The van der Waals surface area contributed by atoms with Crippen molar-refractivity contribution < 1.29 is 0 Å². The van der Waals surface area contributed by atoms with Gasteiger partial charge in [0.05, 0.1) is 22.4 Å². The highest BCUT2D eigenvalue weighted by molar-refractivity contribution is 5.92. The lowest BCUT2D eigenvalue weighted by Crippen LogP contribution is -2.51. The topological polar surface area (TPSA) is 32.3 Å². The maximum Gasteiger partial charge on any atom is 0.0935 e. The summed E-state index contributed by atoms with van der Waals surface area (Å²) in [6, 6.07) is 22.2. The molecule has 2 aromatic carbocycles. The minimum absolute atomic E-state index is 0.426. The zero-order valence-electron chi connectivity index (χ0n) is 17.7. The summed E-state index contributed by atoms with van der Waals surface area (Å²) in [6.45, 7) is 0. The molecule has 2 aromatic heterocycles. The number of hydrogen-bond donors (Lipinski definition) is 0. The van der Waals surface area contributed by atoms with Gasteiger partial charge in [-0.15, -0.1) is 0 Å². The molecule has 5 rings (SSSR count). The molecule has 152 valence electrons. The molecule has 1 fully saturated rings. The van der Waals surface area contributed by atoms with Crippen molar-refractivity contribution in [1.82, 2.24) is 9.97 Å². The van der Waals surface area contributed by atoms with Gasteiger partial charge in [-0.3, -0.25) is 9.97 Å². The molecule has 1 aliphatic carbocycles. The summed E-state index contributed by atoms with van der Waals surface area (Å²) in [5.41, 5.74) is 4.60. The Morgan fingerprint density at radius 3 is 1.53 bits per heavy atom. The molecule has 2 heterocycles. The first-order valence-corrected chi connectivity index (χ1v) is 10.9. The van der Waals surface area contributed by atoms with Gasteiger partial charge in [0.1, 0.15) is 0 Å². The van der Waals surface area contributed by atoms with Crippen LogP contribution in [0.4, 0.5) is 11.4 Å². The van der Waals surface area contributed by atoms with Gasteiger partial charge in [0.25, 0.3) is 0 Å². The van der Waals surface area contributed by atoms with E-state index in [0.717, 1.165) is 11.0 Å². The van der Waals surface area contributed by atoms with Crippen LogP contribution in [0, 0.1) is 0 Å². The highest BCUT2D eigenvalue weighted by atomic mass is 15.2. The van der Waals surface area contributed by atoms with E-state index >= 15 is 0 Å². The van der Waals surface area contributed by atoms with Crippen molar-refractivity contribution in [2.75, 3.05) is 23.9 Å². The molecule has 1 saturated carbocycles. The van der Waals surface area contributed by atoms with Gasteiger partial charge in [-0.2, -0.15) is 0 Å². The van der Waals surface area contributed by atoms with E-state index in [-0.39, 0.29) is 0 Å². The predicted octanol–water partition coefficient (Wildman–Crippen LogP) is 5.67. The van der Waals surface area contributed by atoms with Crippen LogP contribution in [0.3, 0.4) is 0 Å². The maximum absolute atomic E-state index is 4.70. The number of anilines is 2. The van der Waals surface area contributed by atoms with Crippen LogP contribution in [0.15, 0.2) is 73.1 Å². The van der Waals surface area contributed by atoms with Gasteiger partial charge in [0, 0.05) is 49.3 Å². The summed E-state index contributed by atoms with van der Waals surface area (Å²) in [5, 5.41) is 2.39. The van der Waals surface area contributed by atoms with Crippen LogP contribution < -0.4 is 9.80 Å². The van der Waals surface area contributed by atoms with Crippen LogP contribution >= 0.6 is 0 Å². The highest BCUT2D eigenvalue weighted by Crippen LogP contribution is 2.35. The van der Waals surface area contributed by atoms with Gasteiger partial charge in [-0.1, -0.05) is 49.2 Å². The lowest BCUT2D eigenvalue weighted by Gasteiger charge is -2.44. The second kappa shape index (κ2) is 7.94. The Bertz CT molecular complexity index is 1070. The molecule has 4 aromatic rings. The van der Waals surface area contributed by atoms with Crippen molar-refractivity contribution in [3.8, 4) is 0 Å². The normalized spacial score (nSPS) is 19.1. The van der Waals surface area contributed by atoms with Crippen LogP contribution in [0.1, 0.15) is 25.7 Å². The molecule has 4 nitrogen and oxygen atoms in total. The van der Waals surface area contributed by atoms with E-state index in [4.69, 9.17) is 9.97 Å². The number of nitrogens with zero attached hydrogens (tertiary/aromatic N) is 4. The zero-order chi connectivity index (χ0) is 20.5. The number of fused-ring (bicyclic) bond motifs is 2. The second-order valence-electron chi connectivity index (χ2n) is 8.35. The van der Waals surface area contributed by atoms with Crippen molar-refractivity contribution in [1.29, 1.82) is 0 Å². The average Bonchev–Trinajstić information content (AvgIpc) is 2.82. The summed E-state index contributed by atoms with van der Waals surface area (Å²) < 4.78 is 0. The molecule has 0 saturated heterocycles. The summed E-state index contributed by atoms with van der Waals surface area (Å²) >= 11 is 0. The molecule has 0 bridgehead atoms. The van der Waals surface area contributed by atoms with E-state index in [0.29, 0.717) is 12.1 Å². The van der Waals surface area contributed by atoms with Crippen molar-refractivity contribution >= 4 is 33.2 Å². The monoisotopic (exact) mass is 396 g/mol. The van der Waals surface area contributed by atoms with E-state index in [2.05, 4.69) is 72.4 Å². The van der Waals surface area contributed by atoms with Crippen LogP contribution in [0.2, 0.25) is 0 Å². The minimum Gasteiger partial charge on any atom is -0.368 e. The molecular formula is C26H28N4. The Kier molecular flexibility index (Phi) is 4.99. The number of pyridine rings is 2. The van der Waals surface area contributed by atoms with Gasteiger partial charge in [0.2, 0.25) is 0 Å². The Labute approximate surface area is 178 Å². The molecule has 0 N–H and O–H groups in total. The number of para-hydroxylation sites is 2.